The minimum absolute atomic E-state index is 0.193. The van der Waals surface area contributed by atoms with Gasteiger partial charge in [0.15, 0.2) is 0 Å². The van der Waals surface area contributed by atoms with Crippen LogP contribution in [0.25, 0.3) is 5.95 Å². The number of rotatable bonds is 9. The zero-order chi connectivity index (χ0) is 23.2. The Labute approximate surface area is 192 Å². The van der Waals surface area contributed by atoms with E-state index in [1.165, 1.54) is 0 Å². The van der Waals surface area contributed by atoms with Crippen LogP contribution in [0.1, 0.15) is 47.1 Å². The molecule has 1 aromatic carbocycles. The highest BCUT2D eigenvalue weighted by Gasteiger charge is 2.20. The molecule has 3 heterocycles. The zero-order valence-corrected chi connectivity index (χ0v) is 19.0. The molecule has 0 spiro atoms. The van der Waals surface area contributed by atoms with Crippen LogP contribution in [0.2, 0.25) is 0 Å². The van der Waals surface area contributed by atoms with Crippen LogP contribution in [0, 0.1) is 6.92 Å². The predicted molar refractivity (Wildman–Crippen MR) is 123 cm³/mol. The molecule has 33 heavy (non-hydrogen) atoms. The van der Waals surface area contributed by atoms with Crippen LogP contribution >= 0.6 is 0 Å². The fourth-order valence-corrected chi connectivity index (χ4v) is 3.36. The van der Waals surface area contributed by atoms with Crippen molar-refractivity contribution in [3.8, 4) is 17.6 Å². The maximum absolute atomic E-state index is 13.0. The molecule has 1 amide bonds. The fourth-order valence-electron chi connectivity index (χ4n) is 3.36. The topological polar surface area (TPSA) is 99.8 Å². The molecule has 0 unspecified atom stereocenters. The Hall–Kier alpha value is -4.01. The van der Waals surface area contributed by atoms with Crippen molar-refractivity contribution >= 4 is 5.91 Å². The number of para-hydroxylation sites is 1. The summed E-state index contributed by atoms with van der Waals surface area (Å²) in [6.45, 7) is 4.38. The Balaban J connectivity index is 1.62. The molecule has 9 nitrogen and oxygen atoms in total. The standard InChI is InChI=1S/C24H27N7O2/c1-4-5-11-21-20(22(32)26-14-18-13-25-16-30(18)3)15-28-31(21)24-27-12-17(2)23(29-24)33-19-9-7-6-8-10-19/h6-10,12-13,15-16H,4-5,11,14H2,1-3H3,(H,26,32). The highest BCUT2D eigenvalue weighted by molar-refractivity contribution is 5.95. The Morgan fingerprint density at radius 1 is 1.15 bits per heavy atom. The normalized spacial score (nSPS) is 10.9. The summed E-state index contributed by atoms with van der Waals surface area (Å²) in [5.74, 6) is 1.31. The van der Waals surface area contributed by atoms with Gasteiger partial charge >= 0.3 is 0 Å². The second-order valence-corrected chi connectivity index (χ2v) is 7.77. The highest BCUT2D eigenvalue weighted by Crippen LogP contribution is 2.24. The van der Waals surface area contributed by atoms with E-state index in [2.05, 4.69) is 32.3 Å². The van der Waals surface area contributed by atoms with Crippen molar-refractivity contribution in [2.75, 3.05) is 0 Å². The number of carbonyl (C=O) groups excluding carboxylic acids is 1. The average Bonchev–Trinajstić information content (AvgIpc) is 3.44. The summed E-state index contributed by atoms with van der Waals surface area (Å²) < 4.78 is 9.46. The molecule has 1 N–H and O–H groups in total. The lowest BCUT2D eigenvalue weighted by atomic mass is 10.1. The minimum Gasteiger partial charge on any atom is -0.439 e. The second kappa shape index (κ2) is 10.1. The van der Waals surface area contributed by atoms with Gasteiger partial charge in [-0.2, -0.15) is 10.1 Å². The van der Waals surface area contributed by atoms with Crippen LogP contribution in [0.5, 0.6) is 11.6 Å². The van der Waals surface area contributed by atoms with Gasteiger partial charge in [0.05, 0.1) is 36.0 Å². The molecular formula is C24H27N7O2. The number of unbranched alkanes of at least 4 members (excludes halogenated alkanes) is 1. The van der Waals surface area contributed by atoms with E-state index in [9.17, 15) is 4.79 Å². The Kier molecular flexibility index (Phi) is 6.77. The van der Waals surface area contributed by atoms with Gasteiger partial charge in [0, 0.05) is 25.0 Å². The Morgan fingerprint density at radius 2 is 1.97 bits per heavy atom. The smallest absolute Gasteiger partial charge is 0.255 e. The number of aromatic nitrogens is 6. The summed E-state index contributed by atoms with van der Waals surface area (Å²) in [5.41, 5.74) is 3.00. The average molecular weight is 446 g/mol. The molecule has 9 heteroatoms. The summed E-state index contributed by atoms with van der Waals surface area (Å²) in [7, 11) is 1.89. The van der Waals surface area contributed by atoms with Crippen molar-refractivity contribution in [1.29, 1.82) is 0 Å². The van der Waals surface area contributed by atoms with E-state index in [-0.39, 0.29) is 5.91 Å². The third-order valence-corrected chi connectivity index (χ3v) is 5.29. The quantitative estimate of drug-likeness (QED) is 0.421. The van der Waals surface area contributed by atoms with Crippen molar-refractivity contribution in [2.45, 2.75) is 39.7 Å². The van der Waals surface area contributed by atoms with Crippen LogP contribution in [0.15, 0.2) is 55.2 Å². The summed E-state index contributed by atoms with van der Waals surface area (Å²) in [6, 6.07) is 9.47. The number of imidazole rings is 1. The third kappa shape index (κ3) is 5.08. The molecule has 0 saturated carbocycles. The molecule has 170 valence electrons. The van der Waals surface area contributed by atoms with E-state index >= 15 is 0 Å². The van der Waals surface area contributed by atoms with Gasteiger partial charge in [-0.1, -0.05) is 31.5 Å². The fraction of sp³-hybridized carbons (Fsp3) is 0.292. The van der Waals surface area contributed by atoms with Gasteiger partial charge in [-0.15, -0.1) is 0 Å². The molecule has 0 radical (unpaired) electrons. The summed E-state index contributed by atoms with van der Waals surface area (Å²) >= 11 is 0. The number of nitrogens with zero attached hydrogens (tertiary/aromatic N) is 6. The first-order valence-electron chi connectivity index (χ1n) is 10.9. The van der Waals surface area contributed by atoms with Gasteiger partial charge in [-0.25, -0.2) is 14.6 Å². The lowest BCUT2D eigenvalue weighted by Crippen LogP contribution is -2.25. The van der Waals surface area contributed by atoms with Crippen molar-refractivity contribution in [1.82, 2.24) is 34.6 Å². The number of benzene rings is 1. The van der Waals surface area contributed by atoms with Gasteiger partial charge in [0.25, 0.3) is 11.9 Å². The lowest BCUT2D eigenvalue weighted by Gasteiger charge is -2.11. The van der Waals surface area contributed by atoms with Crippen LogP contribution in [-0.4, -0.2) is 35.2 Å². The van der Waals surface area contributed by atoms with E-state index in [1.54, 1.807) is 29.6 Å². The first-order chi connectivity index (χ1) is 16.1. The molecular weight excluding hydrogens is 418 g/mol. The van der Waals surface area contributed by atoms with Crippen LogP contribution in [-0.2, 0) is 20.0 Å². The lowest BCUT2D eigenvalue weighted by molar-refractivity contribution is 0.0949. The van der Waals surface area contributed by atoms with E-state index in [4.69, 9.17) is 4.74 Å². The predicted octanol–water partition coefficient (Wildman–Crippen LogP) is 3.77. The van der Waals surface area contributed by atoms with Gasteiger partial charge in [0.2, 0.25) is 5.88 Å². The van der Waals surface area contributed by atoms with Crippen molar-refractivity contribution in [3.63, 3.8) is 0 Å². The molecule has 0 saturated heterocycles. The first kappa shape index (κ1) is 22.2. The second-order valence-electron chi connectivity index (χ2n) is 7.77. The van der Waals surface area contributed by atoms with Gasteiger partial charge in [-0.3, -0.25) is 4.79 Å². The minimum atomic E-state index is -0.193. The molecule has 3 aromatic heterocycles. The molecule has 0 atom stereocenters. The molecule has 0 fully saturated rings. The summed E-state index contributed by atoms with van der Waals surface area (Å²) in [5, 5.41) is 7.42. The van der Waals surface area contributed by atoms with Crippen molar-refractivity contribution < 1.29 is 9.53 Å². The number of nitrogens with one attached hydrogen (secondary N) is 1. The van der Waals surface area contributed by atoms with Gasteiger partial charge in [0.1, 0.15) is 5.75 Å². The van der Waals surface area contributed by atoms with Gasteiger partial charge < -0.3 is 14.6 Å². The number of hydrogen-bond donors (Lipinski definition) is 1. The maximum Gasteiger partial charge on any atom is 0.255 e. The zero-order valence-electron chi connectivity index (χ0n) is 19.0. The molecule has 0 aliphatic heterocycles. The SMILES string of the molecule is CCCCc1c(C(=O)NCc2cncn2C)cnn1-c1ncc(C)c(Oc2ccccc2)n1. The summed E-state index contributed by atoms with van der Waals surface area (Å²) in [6.07, 6.45) is 9.28. The van der Waals surface area contributed by atoms with Crippen molar-refractivity contribution in [3.05, 3.63) is 77.8 Å². The number of carbonyl (C=O) groups is 1. The van der Waals surface area contributed by atoms with E-state index in [0.717, 1.165) is 29.8 Å². The number of aryl methyl sites for hydroxylation is 2. The van der Waals surface area contributed by atoms with Crippen molar-refractivity contribution in [2.24, 2.45) is 7.05 Å². The Morgan fingerprint density at radius 3 is 2.70 bits per heavy atom. The first-order valence-corrected chi connectivity index (χ1v) is 10.9. The van der Waals surface area contributed by atoms with Crippen LogP contribution < -0.4 is 10.1 Å². The van der Waals surface area contributed by atoms with E-state index in [0.29, 0.717) is 36.1 Å². The van der Waals surface area contributed by atoms with Crippen LogP contribution in [0.4, 0.5) is 0 Å². The number of hydrogen-bond acceptors (Lipinski definition) is 6. The van der Waals surface area contributed by atoms with E-state index < -0.39 is 0 Å². The maximum atomic E-state index is 13.0. The van der Waals surface area contributed by atoms with Crippen LogP contribution in [0.3, 0.4) is 0 Å². The molecule has 4 aromatic rings. The molecule has 0 aliphatic rings. The Bertz CT molecular complexity index is 1230. The molecule has 4 rings (SSSR count). The number of amides is 1. The van der Waals surface area contributed by atoms with E-state index in [1.807, 2.05) is 48.9 Å². The monoisotopic (exact) mass is 445 g/mol. The number of ether oxygens (including phenoxy) is 1. The van der Waals surface area contributed by atoms with Gasteiger partial charge in [-0.05, 0) is 31.9 Å². The third-order valence-electron chi connectivity index (χ3n) is 5.29. The highest BCUT2D eigenvalue weighted by atomic mass is 16.5. The largest absolute Gasteiger partial charge is 0.439 e. The molecule has 0 bridgehead atoms. The summed E-state index contributed by atoms with van der Waals surface area (Å²) in [4.78, 5) is 26.1. The molecule has 0 aliphatic carbocycles.